The summed E-state index contributed by atoms with van der Waals surface area (Å²) >= 11 is 6.28. The summed E-state index contributed by atoms with van der Waals surface area (Å²) in [6.07, 6.45) is 1.24. The van der Waals surface area contributed by atoms with Crippen LogP contribution in [0.4, 0.5) is 5.82 Å². The van der Waals surface area contributed by atoms with E-state index in [9.17, 15) is 0 Å². The molecule has 0 aromatic carbocycles. The Morgan fingerprint density at radius 1 is 1.35 bits per heavy atom. The fourth-order valence-electron chi connectivity index (χ4n) is 2.72. The molecule has 112 valence electrons. The van der Waals surface area contributed by atoms with Crippen molar-refractivity contribution in [3.05, 3.63) is 22.8 Å². The molecule has 2 rings (SSSR count). The molecular formula is C16H26ClN3. The molecule has 2 atom stereocenters. The van der Waals surface area contributed by atoms with Gasteiger partial charge in [-0.15, -0.1) is 0 Å². The number of halogens is 1. The van der Waals surface area contributed by atoms with Gasteiger partial charge in [0.05, 0.1) is 10.7 Å². The van der Waals surface area contributed by atoms with Gasteiger partial charge in [0.25, 0.3) is 0 Å². The summed E-state index contributed by atoms with van der Waals surface area (Å²) in [5.74, 6) is 1.79. The maximum absolute atomic E-state index is 6.28. The van der Waals surface area contributed by atoms with Crippen molar-refractivity contribution >= 4 is 17.4 Å². The lowest BCUT2D eigenvalue weighted by Gasteiger charge is -2.24. The minimum Gasteiger partial charge on any atom is -0.354 e. The summed E-state index contributed by atoms with van der Waals surface area (Å²) in [5.41, 5.74) is 1.00. The molecule has 2 heterocycles. The van der Waals surface area contributed by atoms with Gasteiger partial charge in [0.15, 0.2) is 0 Å². The topological polar surface area (TPSA) is 28.2 Å². The quantitative estimate of drug-likeness (QED) is 0.918. The highest BCUT2D eigenvalue weighted by molar-refractivity contribution is 6.31. The van der Waals surface area contributed by atoms with Crippen molar-refractivity contribution in [1.29, 1.82) is 0 Å². The summed E-state index contributed by atoms with van der Waals surface area (Å²) < 4.78 is 0. The van der Waals surface area contributed by atoms with E-state index in [4.69, 9.17) is 16.6 Å². The Morgan fingerprint density at radius 2 is 2.05 bits per heavy atom. The van der Waals surface area contributed by atoms with Crippen LogP contribution in [0.25, 0.3) is 0 Å². The molecule has 1 aromatic rings. The fraction of sp³-hybridized carbons (Fsp3) is 0.688. The largest absolute Gasteiger partial charge is 0.354 e. The Morgan fingerprint density at radius 3 is 2.60 bits per heavy atom. The Bertz CT molecular complexity index is 467. The number of nitrogens with one attached hydrogen (secondary N) is 1. The average Bonchev–Trinajstić information content (AvgIpc) is 2.66. The Kier molecular flexibility index (Phi) is 4.60. The van der Waals surface area contributed by atoms with E-state index >= 15 is 0 Å². The lowest BCUT2D eigenvalue weighted by Crippen LogP contribution is -2.35. The predicted octanol–water partition coefficient (Wildman–Crippen LogP) is 3.86. The van der Waals surface area contributed by atoms with Crippen molar-refractivity contribution in [1.82, 2.24) is 10.3 Å². The van der Waals surface area contributed by atoms with Gasteiger partial charge in [0.2, 0.25) is 0 Å². The van der Waals surface area contributed by atoms with Crippen molar-refractivity contribution in [3.8, 4) is 0 Å². The van der Waals surface area contributed by atoms with Gasteiger partial charge in [-0.3, -0.25) is 0 Å². The molecule has 3 nitrogen and oxygen atoms in total. The van der Waals surface area contributed by atoms with Crippen LogP contribution in [0.15, 0.2) is 12.1 Å². The highest BCUT2D eigenvalue weighted by Gasteiger charge is 2.27. The molecular weight excluding hydrogens is 270 g/mol. The number of hydrogen-bond donors (Lipinski definition) is 1. The molecule has 0 spiro atoms. The van der Waals surface area contributed by atoms with Gasteiger partial charge >= 0.3 is 0 Å². The number of anilines is 1. The van der Waals surface area contributed by atoms with E-state index in [1.165, 1.54) is 6.42 Å². The normalized spacial score (nSPS) is 23.4. The van der Waals surface area contributed by atoms with Gasteiger partial charge in [0.1, 0.15) is 5.82 Å². The van der Waals surface area contributed by atoms with Crippen LogP contribution < -0.4 is 10.2 Å². The maximum atomic E-state index is 6.28. The van der Waals surface area contributed by atoms with Crippen LogP contribution in [-0.4, -0.2) is 23.1 Å². The first kappa shape index (κ1) is 15.6. The number of nitrogens with zero attached hydrogens (tertiary/aromatic N) is 2. The molecule has 0 saturated carbocycles. The Balaban J connectivity index is 2.16. The zero-order chi connectivity index (χ0) is 14.9. The molecule has 1 aromatic heterocycles. The van der Waals surface area contributed by atoms with Gasteiger partial charge in [0, 0.05) is 24.7 Å². The van der Waals surface area contributed by atoms with Gasteiger partial charge in [-0.2, -0.15) is 0 Å². The summed E-state index contributed by atoms with van der Waals surface area (Å²) in [6, 6.07) is 4.57. The average molecular weight is 296 g/mol. The van der Waals surface area contributed by atoms with E-state index in [0.717, 1.165) is 29.0 Å². The maximum Gasteiger partial charge on any atom is 0.129 e. The monoisotopic (exact) mass is 295 g/mol. The van der Waals surface area contributed by atoms with Crippen molar-refractivity contribution in [3.63, 3.8) is 0 Å². The van der Waals surface area contributed by atoms with Crippen LogP contribution in [0.3, 0.4) is 0 Å². The molecule has 1 N–H and O–H groups in total. The Hall–Kier alpha value is -0.800. The van der Waals surface area contributed by atoms with Gasteiger partial charge < -0.3 is 10.2 Å². The molecule has 1 fully saturated rings. The third-order valence-corrected chi connectivity index (χ3v) is 4.11. The van der Waals surface area contributed by atoms with Crippen molar-refractivity contribution in [2.45, 2.75) is 59.2 Å². The number of aromatic nitrogens is 1. The van der Waals surface area contributed by atoms with Crippen LogP contribution >= 0.6 is 11.6 Å². The molecule has 0 aliphatic carbocycles. The molecule has 1 aliphatic rings. The minimum atomic E-state index is 0.0659. The van der Waals surface area contributed by atoms with E-state index in [-0.39, 0.29) is 5.54 Å². The molecule has 0 amide bonds. The van der Waals surface area contributed by atoms with Crippen LogP contribution in [0.1, 0.15) is 46.7 Å². The van der Waals surface area contributed by atoms with Gasteiger partial charge in [-0.1, -0.05) is 18.5 Å². The van der Waals surface area contributed by atoms with Crippen LogP contribution in [-0.2, 0) is 6.54 Å². The summed E-state index contributed by atoms with van der Waals surface area (Å²) in [6.45, 7) is 12.8. The molecule has 20 heavy (non-hydrogen) atoms. The molecule has 1 aliphatic heterocycles. The Labute approximate surface area is 127 Å². The van der Waals surface area contributed by atoms with Crippen LogP contribution in [0.2, 0.25) is 5.02 Å². The second-order valence-corrected chi connectivity index (χ2v) is 7.45. The third-order valence-electron chi connectivity index (χ3n) is 3.77. The first-order valence-electron chi connectivity index (χ1n) is 7.43. The lowest BCUT2D eigenvalue weighted by atomic mass is 10.1. The first-order chi connectivity index (χ1) is 9.26. The van der Waals surface area contributed by atoms with E-state index in [1.54, 1.807) is 0 Å². The predicted molar refractivity (Wildman–Crippen MR) is 86.4 cm³/mol. The summed E-state index contributed by atoms with van der Waals surface area (Å²) in [4.78, 5) is 7.16. The van der Waals surface area contributed by atoms with Crippen LogP contribution in [0.5, 0.6) is 0 Å². The highest BCUT2D eigenvalue weighted by atomic mass is 35.5. The zero-order valence-corrected chi connectivity index (χ0v) is 14.0. The molecule has 4 heteroatoms. The number of pyridine rings is 1. The van der Waals surface area contributed by atoms with Crippen molar-refractivity contribution in [2.75, 3.05) is 11.4 Å². The first-order valence-corrected chi connectivity index (χ1v) is 7.81. The van der Waals surface area contributed by atoms with E-state index < -0.39 is 0 Å². The lowest BCUT2D eigenvalue weighted by molar-refractivity contribution is 0.421. The highest BCUT2D eigenvalue weighted by Crippen LogP contribution is 2.29. The van der Waals surface area contributed by atoms with Gasteiger partial charge in [-0.25, -0.2) is 4.98 Å². The molecule has 1 saturated heterocycles. The zero-order valence-electron chi connectivity index (χ0n) is 13.2. The molecule has 0 bridgehead atoms. The second-order valence-electron chi connectivity index (χ2n) is 7.04. The standard InChI is InChI=1S/C16H26ClN3/c1-11-8-12(2)20(10-11)15-7-6-13(17)14(19-15)9-18-16(3,4)5/h6-7,11-12,18H,8-10H2,1-5H3. The van der Waals surface area contributed by atoms with E-state index in [1.807, 2.05) is 12.1 Å². The summed E-state index contributed by atoms with van der Waals surface area (Å²) in [5, 5.41) is 4.19. The smallest absolute Gasteiger partial charge is 0.129 e. The van der Waals surface area contributed by atoms with E-state index in [2.05, 4.69) is 44.8 Å². The van der Waals surface area contributed by atoms with E-state index in [0.29, 0.717) is 12.6 Å². The summed E-state index contributed by atoms with van der Waals surface area (Å²) in [7, 11) is 0. The number of hydrogen-bond acceptors (Lipinski definition) is 3. The molecule has 0 radical (unpaired) electrons. The minimum absolute atomic E-state index is 0.0659. The van der Waals surface area contributed by atoms with Gasteiger partial charge in [-0.05, 0) is 52.2 Å². The SMILES string of the molecule is CC1CC(C)N(c2ccc(Cl)c(CNC(C)(C)C)n2)C1. The fourth-order valence-corrected chi connectivity index (χ4v) is 2.90. The van der Waals surface area contributed by atoms with Crippen molar-refractivity contribution < 1.29 is 0 Å². The van der Waals surface area contributed by atoms with Crippen molar-refractivity contribution in [2.24, 2.45) is 5.92 Å². The number of rotatable bonds is 3. The second kappa shape index (κ2) is 5.90. The van der Waals surface area contributed by atoms with Crippen LogP contribution in [0, 0.1) is 5.92 Å². The molecule has 2 unspecified atom stereocenters. The third kappa shape index (κ3) is 3.86.